The first kappa shape index (κ1) is 21.5. The monoisotopic (exact) mass is 449 g/mol. The highest BCUT2D eigenvalue weighted by atomic mass is 16.3. The van der Waals surface area contributed by atoms with Crippen LogP contribution in [-0.4, -0.2) is 44.4 Å². The molecular formula is C25H27N3O5. The molecule has 0 unspecified atom stereocenters. The van der Waals surface area contributed by atoms with Crippen molar-refractivity contribution < 1.29 is 24.6 Å². The number of fused-ring (bicyclic) bond motifs is 4. The number of carbonyl (C=O) groups excluding carboxylic acids is 3. The highest BCUT2D eigenvalue weighted by molar-refractivity contribution is 6.15. The van der Waals surface area contributed by atoms with E-state index < -0.39 is 29.0 Å². The average molecular weight is 450 g/mol. The summed E-state index contributed by atoms with van der Waals surface area (Å²) in [7, 11) is 0. The number of imide groups is 1. The molecule has 0 radical (unpaired) electrons. The van der Waals surface area contributed by atoms with Crippen LogP contribution in [-0.2, 0) is 26.3 Å². The second-order valence-corrected chi connectivity index (χ2v) is 10.3. The Kier molecular flexibility index (Phi) is 4.42. The van der Waals surface area contributed by atoms with E-state index in [1.165, 1.54) is 17.0 Å². The molecule has 0 aliphatic carbocycles. The first-order valence-corrected chi connectivity index (χ1v) is 11.0. The Morgan fingerprint density at radius 2 is 1.73 bits per heavy atom. The summed E-state index contributed by atoms with van der Waals surface area (Å²) in [5, 5.41) is 25.9. The molecule has 33 heavy (non-hydrogen) atoms. The summed E-state index contributed by atoms with van der Waals surface area (Å²) in [6, 6.07) is 9.56. The largest absolute Gasteiger partial charge is 0.504 e. The van der Waals surface area contributed by atoms with Crippen LogP contribution < -0.4 is 10.6 Å². The number of hydrogen-bond acceptors (Lipinski definition) is 6. The van der Waals surface area contributed by atoms with Crippen molar-refractivity contribution in [1.29, 1.82) is 0 Å². The maximum absolute atomic E-state index is 13.8. The molecule has 2 fully saturated rings. The van der Waals surface area contributed by atoms with Gasteiger partial charge < -0.3 is 15.5 Å². The van der Waals surface area contributed by atoms with Crippen LogP contribution in [0.5, 0.6) is 11.5 Å². The molecule has 3 aliphatic heterocycles. The van der Waals surface area contributed by atoms with Gasteiger partial charge in [0.2, 0.25) is 17.7 Å². The van der Waals surface area contributed by atoms with Crippen LogP contribution in [0.25, 0.3) is 0 Å². The molecule has 3 amide bonds. The highest BCUT2D eigenvalue weighted by Crippen LogP contribution is 2.54. The summed E-state index contributed by atoms with van der Waals surface area (Å²) in [6.45, 7) is 7.35. The topological polar surface area (TPSA) is 119 Å². The molecule has 0 saturated carbocycles. The van der Waals surface area contributed by atoms with E-state index in [-0.39, 0.29) is 29.2 Å². The van der Waals surface area contributed by atoms with Crippen LogP contribution in [0.4, 0.5) is 5.69 Å². The number of carbonyl (C=O) groups is 3. The molecule has 0 bridgehead atoms. The molecular weight excluding hydrogens is 422 g/mol. The van der Waals surface area contributed by atoms with Crippen LogP contribution in [0.1, 0.15) is 37.5 Å². The van der Waals surface area contributed by atoms with Crippen LogP contribution in [0, 0.1) is 18.8 Å². The van der Waals surface area contributed by atoms with Crippen molar-refractivity contribution in [2.24, 2.45) is 11.8 Å². The number of benzene rings is 2. The molecule has 2 aromatic carbocycles. The van der Waals surface area contributed by atoms with Crippen molar-refractivity contribution in [3.05, 3.63) is 53.1 Å². The predicted octanol–water partition coefficient (Wildman–Crippen LogP) is 2.17. The lowest BCUT2D eigenvalue weighted by Crippen LogP contribution is -2.56. The van der Waals surface area contributed by atoms with E-state index in [4.69, 9.17) is 0 Å². The van der Waals surface area contributed by atoms with E-state index in [2.05, 4.69) is 10.6 Å². The molecule has 5 rings (SSSR count). The zero-order chi connectivity index (χ0) is 23.9. The van der Waals surface area contributed by atoms with Gasteiger partial charge in [0.15, 0.2) is 11.5 Å². The number of aryl methyl sites for hydroxylation is 1. The van der Waals surface area contributed by atoms with Gasteiger partial charge in [-0.2, -0.15) is 0 Å². The maximum Gasteiger partial charge on any atom is 0.250 e. The molecule has 8 nitrogen and oxygen atoms in total. The third kappa shape index (κ3) is 2.90. The Bertz CT molecular complexity index is 1220. The maximum atomic E-state index is 13.8. The third-order valence-electron chi connectivity index (χ3n) is 7.04. The zero-order valence-corrected chi connectivity index (χ0v) is 19.0. The quantitative estimate of drug-likeness (QED) is 0.412. The van der Waals surface area contributed by atoms with Crippen molar-refractivity contribution in [3.8, 4) is 11.5 Å². The number of rotatable bonds is 2. The fraction of sp³-hybridized carbons (Fsp3) is 0.400. The lowest BCUT2D eigenvalue weighted by atomic mass is 9.76. The number of amides is 3. The summed E-state index contributed by atoms with van der Waals surface area (Å²) >= 11 is 0. The van der Waals surface area contributed by atoms with Gasteiger partial charge in [-0.25, -0.2) is 0 Å². The number of nitrogens with one attached hydrogen (secondary N) is 2. The van der Waals surface area contributed by atoms with E-state index in [9.17, 15) is 24.6 Å². The smallest absolute Gasteiger partial charge is 0.250 e. The second-order valence-electron chi connectivity index (χ2n) is 10.3. The van der Waals surface area contributed by atoms with Gasteiger partial charge in [-0.3, -0.25) is 24.6 Å². The number of phenols is 2. The molecule has 0 aromatic heterocycles. The van der Waals surface area contributed by atoms with Crippen molar-refractivity contribution in [2.45, 2.75) is 51.2 Å². The molecule has 8 heteroatoms. The van der Waals surface area contributed by atoms with Crippen molar-refractivity contribution in [3.63, 3.8) is 0 Å². The minimum absolute atomic E-state index is 0.238. The SMILES string of the molecule is Cc1ccc2c(c1)[C@]1(N[C@H](Cc3ccc(O)c(O)c3)[C@H]3C(=O)N(C(C)(C)C)C(=O)[C@H]31)C(=O)N2. The molecule has 2 aromatic rings. The van der Waals surface area contributed by atoms with Gasteiger partial charge in [-0.15, -0.1) is 0 Å². The lowest BCUT2D eigenvalue weighted by Gasteiger charge is -2.34. The Hall–Kier alpha value is -3.39. The molecule has 172 valence electrons. The van der Waals surface area contributed by atoms with Crippen LogP contribution >= 0.6 is 0 Å². The second kappa shape index (κ2) is 6.81. The summed E-state index contributed by atoms with van der Waals surface area (Å²) in [4.78, 5) is 42.2. The zero-order valence-electron chi connectivity index (χ0n) is 19.0. The fourth-order valence-corrected chi connectivity index (χ4v) is 5.70. The number of anilines is 1. The first-order chi connectivity index (χ1) is 15.4. The van der Waals surface area contributed by atoms with Crippen LogP contribution in [0.2, 0.25) is 0 Å². The molecule has 4 atom stereocenters. The molecule has 4 N–H and O–H groups in total. The Balaban J connectivity index is 1.66. The van der Waals surface area contributed by atoms with Crippen LogP contribution in [0.15, 0.2) is 36.4 Å². The summed E-state index contributed by atoms with van der Waals surface area (Å²) < 4.78 is 0. The van der Waals surface area contributed by atoms with E-state index in [0.29, 0.717) is 23.2 Å². The lowest BCUT2D eigenvalue weighted by molar-refractivity contribution is -0.147. The fourth-order valence-electron chi connectivity index (χ4n) is 5.70. The Labute approximate surface area is 191 Å². The number of aromatic hydroxyl groups is 2. The normalized spacial score (nSPS) is 28.4. The average Bonchev–Trinajstić information content (AvgIpc) is 3.29. The van der Waals surface area contributed by atoms with Gasteiger partial charge in [0.1, 0.15) is 5.54 Å². The predicted molar refractivity (Wildman–Crippen MR) is 120 cm³/mol. The van der Waals surface area contributed by atoms with Gasteiger partial charge >= 0.3 is 0 Å². The van der Waals surface area contributed by atoms with Crippen molar-refractivity contribution in [1.82, 2.24) is 10.2 Å². The van der Waals surface area contributed by atoms with Crippen molar-refractivity contribution in [2.75, 3.05) is 5.32 Å². The summed E-state index contributed by atoms with van der Waals surface area (Å²) in [6.07, 6.45) is 0.294. The van der Waals surface area contributed by atoms with E-state index in [1.807, 2.05) is 45.9 Å². The van der Waals surface area contributed by atoms with Gasteiger partial charge in [0.05, 0.1) is 11.8 Å². The number of phenolic OH excluding ortho intramolecular Hbond substituents is 2. The van der Waals surface area contributed by atoms with Gasteiger partial charge in [-0.05, 0) is 57.9 Å². The number of nitrogens with zero attached hydrogens (tertiary/aromatic N) is 1. The van der Waals surface area contributed by atoms with E-state index >= 15 is 0 Å². The van der Waals surface area contributed by atoms with E-state index in [0.717, 1.165) is 5.56 Å². The van der Waals surface area contributed by atoms with Gasteiger partial charge in [0, 0.05) is 22.8 Å². The minimum atomic E-state index is -1.36. The number of likely N-dealkylation sites (tertiary alicyclic amines) is 1. The first-order valence-electron chi connectivity index (χ1n) is 11.0. The summed E-state index contributed by atoms with van der Waals surface area (Å²) in [5.41, 5.74) is 0.841. The minimum Gasteiger partial charge on any atom is -0.504 e. The van der Waals surface area contributed by atoms with Gasteiger partial charge in [-0.1, -0.05) is 23.8 Å². The molecule has 3 heterocycles. The summed E-state index contributed by atoms with van der Waals surface area (Å²) in [5.74, 6) is -3.13. The molecule has 2 saturated heterocycles. The number of hydrogen-bond donors (Lipinski definition) is 4. The Morgan fingerprint density at radius 3 is 2.39 bits per heavy atom. The van der Waals surface area contributed by atoms with Gasteiger partial charge in [0.25, 0.3) is 0 Å². The van der Waals surface area contributed by atoms with Crippen molar-refractivity contribution >= 4 is 23.4 Å². The molecule has 3 aliphatic rings. The van der Waals surface area contributed by atoms with Crippen LogP contribution in [0.3, 0.4) is 0 Å². The standard InChI is InChI=1S/C25H27N3O5/c1-12-5-7-15-14(9-12)25(23(33)26-15)20-19(21(31)28(22(20)32)24(2,3)4)16(27-25)10-13-6-8-17(29)18(30)11-13/h5-9,11,16,19-20,27,29-30H,10H2,1-4H3,(H,26,33)/t16-,19-,20+,25-/m1/s1. The highest BCUT2D eigenvalue weighted by Gasteiger charge is 2.71. The molecule has 1 spiro atoms. The Morgan fingerprint density at radius 1 is 1.00 bits per heavy atom. The third-order valence-corrected chi connectivity index (χ3v) is 7.04. The van der Waals surface area contributed by atoms with E-state index in [1.54, 1.807) is 6.07 Å².